The fourth-order valence-electron chi connectivity index (χ4n) is 3.24. The zero-order chi connectivity index (χ0) is 21.5. The van der Waals surface area contributed by atoms with Crippen LogP contribution in [0, 0.1) is 0 Å². The molecule has 4 rings (SSSR count). The summed E-state index contributed by atoms with van der Waals surface area (Å²) in [6.07, 6.45) is -3.05. The van der Waals surface area contributed by atoms with Gasteiger partial charge in [-0.05, 0) is 30.2 Å². The van der Waals surface area contributed by atoms with Crippen LogP contribution in [0.5, 0.6) is 11.5 Å². The molecular weight excluding hydrogens is 399 g/mol. The summed E-state index contributed by atoms with van der Waals surface area (Å²) in [6, 6.07) is 11.1. The Hall–Kier alpha value is -3.82. The van der Waals surface area contributed by atoms with Crippen molar-refractivity contribution >= 4 is 0 Å². The lowest BCUT2D eigenvalue weighted by Gasteiger charge is -2.12. The lowest BCUT2D eigenvalue weighted by Crippen LogP contribution is -2.09. The van der Waals surface area contributed by atoms with Crippen molar-refractivity contribution < 1.29 is 23.4 Å². The number of phenols is 2. The first-order chi connectivity index (χ1) is 14.3. The number of benzene rings is 2. The number of H-pyrrole nitrogens is 1. The van der Waals surface area contributed by atoms with E-state index in [0.29, 0.717) is 17.7 Å². The fourth-order valence-corrected chi connectivity index (χ4v) is 3.24. The van der Waals surface area contributed by atoms with Crippen LogP contribution in [0.3, 0.4) is 0 Å². The minimum absolute atomic E-state index is 0.0361. The fraction of sp³-hybridized carbons (Fsp3) is 0.150. The molecule has 2 aromatic carbocycles. The highest BCUT2D eigenvalue weighted by atomic mass is 19.4. The van der Waals surface area contributed by atoms with Crippen LogP contribution in [0.2, 0.25) is 0 Å². The predicted molar refractivity (Wildman–Crippen MR) is 102 cm³/mol. The minimum atomic E-state index is -4.76. The van der Waals surface area contributed by atoms with Gasteiger partial charge in [-0.1, -0.05) is 25.1 Å². The number of aryl methyl sites for hydroxylation is 1. The molecule has 2 aromatic heterocycles. The monoisotopic (exact) mass is 415 g/mol. The molecule has 0 fully saturated rings. The second-order valence-electron chi connectivity index (χ2n) is 6.53. The highest BCUT2D eigenvalue weighted by Crippen LogP contribution is 2.44. The number of aromatic hydroxyl groups is 2. The summed E-state index contributed by atoms with van der Waals surface area (Å²) in [4.78, 5) is 0. The van der Waals surface area contributed by atoms with Crippen molar-refractivity contribution in [2.24, 2.45) is 0 Å². The van der Waals surface area contributed by atoms with E-state index in [4.69, 9.17) is 0 Å². The number of hydrogen-bond acceptors (Lipinski definition) is 5. The minimum Gasteiger partial charge on any atom is -0.508 e. The number of halogens is 3. The Balaban J connectivity index is 2.01. The van der Waals surface area contributed by atoms with Gasteiger partial charge in [-0.15, -0.1) is 10.2 Å². The molecule has 154 valence electrons. The van der Waals surface area contributed by atoms with Gasteiger partial charge >= 0.3 is 6.18 Å². The van der Waals surface area contributed by atoms with Gasteiger partial charge in [0, 0.05) is 17.3 Å². The van der Waals surface area contributed by atoms with Crippen LogP contribution in [-0.2, 0) is 12.6 Å². The summed E-state index contributed by atoms with van der Waals surface area (Å²) in [6.45, 7) is 1.77. The number of nitrogens with one attached hydrogen (secondary N) is 1. The van der Waals surface area contributed by atoms with Gasteiger partial charge in [0.15, 0.2) is 11.5 Å². The van der Waals surface area contributed by atoms with Gasteiger partial charge in [0.05, 0.1) is 5.56 Å². The third-order valence-electron chi connectivity index (χ3n) is 4.69. The molecule has 0 aliphatic heterocycles. The summed E-state index contributed by atoms with van der Waals surface area (Å²) in [5.41, 5.74) is -0.578. The zero-order valence-corrected chi connectivity index (χ0v) is 15.6. The number of alkyl halides is 3. The predicted octanol–water partition coefficient (Wildman–Crippen LogP) is 4.32. The lowest BCUT2D eigenvalue weighted by molar-refractivity contribution is -0.140. The van der Waals surface area contributed by atoms with E-state index in [1.165, 1.54) is 17.0 Å². The number of aromatic amines is 1. The standard InChI is InChI=1S/C20H16F3N5O2/c1-2-11-8-13(15(30)9-14(11)29)17-16(18(26-25-17)20(21,22)23)19-27-24-10-28(19)12-6-4-3-5-7-12/h3-10,29-30H,2H2,1H3,(H,25,26). The zero-order valence-electron chi connectivity index (χ0n) is 15.6. The first kappa shape index (κ1) is 19.5. The van der Waals surface area contributed by atoms with Crippen LogP contribution in [0.4, 0.5) is 13.2 Å². The summed E-state index contributed by atoms with van der Waals surface area (Å²) in [5.74, 6) is -0.654. The van der Waals surface area contributed by atoms with E-state index >= 15 is 0 Å². The van der Waals surface area contributed by atoms with E-state index in [-0.39, 0.29) is 28.4 Å². The Morgan fingerprint density at radius 1 is 1.07 bits per heavy atom. The number of phenolic OH excluding ortho intramolecular Hbond substituents is 2. The van der Waals surface area contributed by atoms with Crippen LogP contribution in [-0.4, -0.2) is 35.2 Å². The lowest BCUT2D eigenvalue weighted by atomic mass is 10.00. The average molecular weight is 415 g/mol. The Morgan fingerprint density at radius 2 is 1.80 bits per heavy atom. The molecule has 0 amide bonds. The topological polar surface area (TPSA) is 99.9 Å². The highest BCUT2D eigenvalue weighted by molar-refractivity contribution is 5.84. The highest BCUT2D eigenvalue weighted by Gasteiger charge is 2.40. The van der Waals surface area contributed by atoms with Crippen molar-refractivity contribution in [2.75, 3.05) is 0 Å². The quantitative estimate of drug-likeness (QED) is 0.461. The second kappa shape index (κ2) is 7.21. The molecule has 30 heavy (non-hydrogen) atoms. The summed E-state index contributed by atoms with van der Waals surface area (Å²) in [7, 11) is 0. The molecule has 2 heterocycles. The van der Waals surface area contributed by atoms with Crippen molar-refractivity contribution in [3.63, 3.8) is 0 Å². The van der Waals surface area contributed by atoms with Gasteiger partial charge in [-0.3, -0.25) is 9.67 Å². The molecule has 0 saturated carbocycles. The smallest absolute Gasteiger partial charge is 0.433 e. The normalized spacial score (nSPS) is 11.7. The van der Waals surface area contributed by atoms with Crippen LogP contribution in [0.25, 0.3) is 28.3 Å². The van der Waals surface area contributed by atoms with Crippen LogP contribution >= 0.6 is 0 Å². The van der Waals surface area contributed by atoms with Crippen LogP contribution < -0.4 is 0 Å². The molecule has 4 aromatic rings. The molecule has 0 unspecified atom stereocenters. The summed E-state index contributed by atoms with van der Waals surface area (Å²) >= 11 is 0. The Kier molecular flexibility index (Phi) is 4.69. The van der Waals surface area contributed by atoms with Crippen molar-refractivity contribution in [2.45, 2.75) is 19.5 Å². The van der Waals surface area contributed by atoms with Gasteiger partial charge in [-0.2, -0.15) is 18.3 Å². The van der Waals surface area contributed by atoms with Crippen LogP contribution in [0.15, 0.2) is 48.8 Å². The largest absolute Gasteiger partial charge is 0.508 e. The number of rotatable bonds is 4. The van der Waals surface area contributed by atoms with Gasteiger partial charge < -0.3 is 10.2 Å². The molecule has 0 aliphatic carbocycles. The van der Waals surface area contributed by atoms with E-state index in [9.17, 15) is 23.4 Å². The maximum Gasteiger partial charge on any atom is 0.433 e. The van der Waals surface area contributed by atoms with E-state index < -0.39 is 17.6 Å². The SMILES string of the molecule is CCc1cc(-c2n[nH]c(C(F)(F)F)c2-c2nncn2-c2ccccc2)c(O)cc1O. The molecule has 0 spiro atoms. The number of nitrogens with zero attached hydrogens (tertiary/aromatic N) is 4. The Labute approximate surface area is 168 Å². The summed E-state index contributed by atoms with van der Waals surface area (Å²) in [5, 5.41) is 33.9. The van der Waals surface area contributed by atoms with Crippen molar-refractivity contribution in [1.29, 1.82) is 0 Å². The van der Waals surface area contributed by atoms with Gasteiger partial charge in [0.25, 0.3) is 0 Å². The Morgan fingerprint density at radius 3 is 2.47 bits per heavy atom. The maximum absolute atomic E-state index is 13.8. The van der Waals surface area contributed by atoms with E-state index in [1.54, 1.807) is 37.3 Å². The first-order valence-corrected chi connectivity index (χ1v) is 8.97. The number of hydrogen-bond donors (Lipinski definition) is 3. The number of para-hydroxylation sites is 1. The maximum atomic E-state index is 13.8. The molecule has 10 heteroatoms. The number of aromatic nitrogens is 5. The molecule has 0 bridgehead atoms. The van der Waals surface area contributed by atoms with Crippen molar-refractivity contribution in [3.05, 3.63) is 60.0 Å². The first-order valence-electron chi connectivity index (χ1n) is 8.97. The van der Waals surface area contributed by atoms with Crippen molar-refractivity contribution in [1.82, 2.24) is 25.0 Å². The van der Waals surface area contributed by atoms with E-state index in [1.807, 2.05) is 5.10 Å². The third-order valence-corrected chi connectivity index (χ3v) is 4.69. The molecule has 0 atom stereocenters. The molecule has 0 aliphatic rings. The van der Waals surface area contributed by atoms with Gasteiger partial charge in [0.2, 0.25) is 0 Å². The van der Waals surface area contributed by atoms with Crippen molar-refractivity contribution in [3.8, 4) is 39.8 Å². The van der Waals surface area contributed by atoms with Crippen LogP contribution in [0.1, 0.15) is 18.2 Å². The second-order valence-corrected chi connectivity index (χ2v) is 6.53. The summed E-state index contributed by atoms with van der Waals surface area (Å²) < 4.78 is 42.8. The third kappa shape index (κ3) is 3.25. The molecular formula is C20H16F3N5O2. The average Bonchev–Trinajstić information content (AvgIpc) is 3.35. The van der Waals surface area contributed by atoms with Gasteiger partial charge in [0.1, 0.15) is 23.5 Å². The molecule has 0 saturated heterocycles. The molecule has 3 N–H and O–H groups in total. The molecule has 0 radical (unpaired) electrons. The Bertz CT molecular complexity index is 1200. The van der Waals surface area contributed by atoms with Gasteiger partial charge in [-0.25, -0.2) is 0 Å². The molecule has 7 nitrogen and oxygen atoms in total. The van der Waals surface area contributed by atoms with E-state index in [2.05, 4.69) is 15.3 Å². The van der Waals surface area contributed by atoms with E-state index in [0.717, 1.165) is 6.07 Å².